The first-order chi connectivity index (χ1) is 10.0. The Morgan fingerprint density at radius 1 is 1.10 bits per heavy atom. The average molecular weight is 324 g/mol. The van der Waals surface area contributed by atoms with E-state index in [2.05, 4.69) is 0 Å². The topological polar surface area (TPSA) is 40.5 Å². The Labute approximate surface area is 133 Å². The molecule has 5 heteroatoms. The predicted molar refractivity (Wildman–Crippen MR) is 86.9 cm³/mol. The molecule has 1 N–H and O–H groups in total. The molecule has 3 nitrogen and oxygen atoms in total. The van der Waals surface area contributed by atoms with Gasteiger partial charge in [-0.25, -0.2) is 0 Å². The number of para-hydroxylation sites is 2. The summed E-state index contributed by atoms with van der Waals surface area (Å²) in [4.78, 5) is 13.0. The second kappa shape index (κ2) is 6.83. The number of nitrogens with zero attached hydrogens (tertiary/aromatic N) is 1. The van der Waals surface area contributed by atoms with Crippen LogP contribution in [0.15, 0.2) is 42.5 Å². The summed E-state index contributed by atoms with van der Waals surface area (Å²) in [5.74, 6) is -0.872. The Kier molecular flexibility index (Phi) is 5.10. The van der Waals surface area contributed by atoms with Crippen LogP contribution in [0.5, 0.6) is 0 Å². The van der Waals surface area contributed by atoms with Crippen molar-refractivity contribution in [2.75, 3.05) is 11.4 Å². The van der Waals surface area contributed by atoms with Crippen LogP contribution in [0.4, 0.5) is 11.4 Å². The van der Waals surface area contributed by atoms with E-state index in [1.54, 1.807) is 24.3 Å². The van der Waals surface area contributed by atoms with Crippen molar-refractivity contribution in [3.63, 3.8) is 0 Å². The van der Waals surface area contributed by atoms with E-state index < -0.39 is 5.97 Å². The number of carboxylic acids is 1. The third kappa shape index (κ3) is 3.49. The Morgan fingerprint density at radius 3 is 2.29 bits per heavy atom. The predicted octanol–water partition coefficient (Wildman–Crippen LogP) is 4.78. The quantitative estimate of drug-likeness (QED) is 0.860. The zero-order valence-electron chi connectivity index (χ0n) is 11.5. The van der Waals surface area contributed by atoms with Crippen molar-refractivity contribution in [3.05, 3.63) is 58.1 Å². The normalized spacial score (nSPS) is 10.4. The van der Waals surface area contributed by atoms with Gasteiger partial charge < -0.3 is 10.0 Å². The molecule has 0 unspecified atom stereocenters. The van der Waals surface area contributed by atoms with E-state index in [-0.39, 0.29) is 6.42 Å². The van der Waals surface area contributed by atoms with Crippen LogP contribution in [0.25, 0.3) is 0 Å². The molecule has 0 fully saturated rings. The van der Waals surface area contributed by atoms with E-state index >= 15 is 0 Å². The van der Waals surface area contributed by atoms with Crippen LogP contribution in [-0.2, 0) is 11.2 Å². The fourth-order valence-corrected chi connectivity index (χ4v) is 2.88. The summed E-state index contributed by atoms with van der Waals surface area (Å²) in [6.07, 6.45) is -0.0469. The highest BCUT2D eigenvalue weighted by atomic mass is 35.5. The molecule has 0 aliphatic rings. The molecule has 0 aliphatic heterocycles. The maximum atomic E-state index is 11.0. The van der Waals surface area contributed by atoms with Crippen LogP contribution in [0.3, 0.4) is 0 Å². The highest BCUT2D eigenvalue weighted by Gasteiger charge is 2.18. The zero-order chi connectivity index (χ0) is 15.4. The Bertz CT molecular complexity index is 638. The number of halogens is 2. The Balaban J connectivity index is 2.54. The molecule has 0 heterocycles. The van der Waals surface area contributed by atoms with Gasteiger partial charge in [0.2, 0.25) is 0 Å². The first-order valence-electron chi connectivity index (χ1n) is 6.55. The number of anilines is 2. The molecule has 2 aromatic rings. The monoisotopic (exact) mass is 323 g/mol. The minimum absolute atomic E-state index is 0.0469. The van der Waals surface area contributed by atoms with Crippen LogP contribution in [0.1, 0.15) is 12.5 Å². The van der Waals surface area contributed by atoms with Crippen molar-refractivity contribution in [1.29, 1.82) is 0 Å². The smallest absolute Gasteiger partial charge is 0.307 e. The molecular formula is C16H15Cl2NO2. The van der Waals surface area contributed by atoms with Gasteiger partial charge in [0.15, 0.2) is 0 Å². The molecule has 0 spiro atoms. The first kappa shape index (κ1) is 15.7. The zero-order valence-corrected chi connectivity index (χ0v) is 13.0. The molecule has 0 amide bonds. The lowest BCUT2D eigenvalue weighted by atomic mass is 10.1. The van der Waals surface area contributed by atoms with Crippen molar-refractivity contribution in [3.8, 4) is 0 Å². The van der Waals surface area contributed by atoms with E-state index in [9.17, 15) is 4.79 Å². The molecule has 0 bridgehead atoms. The summed E-state index contributed by atoms with van der Waals surface area (Å²) in [6.45, 7) is 2.59. The molecule has 0 aromatic heterocycles. The number of hydrogen-bond donors (Lipinski definition) is 1. The maximum absolute atomic E-state index is 11.0. The van der Waals surface area contributed by atoms with Gasteiger partial charge in [-0.15, -0.1) is 0 Å². The van der Waals surface area contributed by atoms with Crippen molar-refractivity contribution in [2.45, 2.75) is 13.3 Å². The van der Waals surface area contributed by atoms with Gasteiger partial charge in [-0.1, -0.05) is 47.5 Å². The van der Waals surface area contributed by atoms with E-state index in [1.807, 2.05) is 30.0 Å². The molecular weight excluding hydrogens is 309 g/mol. The lowest BCUT2D eigenvalue weighted by Gasteiger charge is -2.27. The van der Waals surface area contributed by atoms with Gasteiger partial charge in [-0.2, -0.15) is 0 Å². The molecule has 0 aliphatic carbocycles. The summed E-state index contributed by atoms with van der Waals surface area (Å²) in [5, 5.41) is 10.1. The third-order valence-corrected chi connectivity index (χ3v) is 3.76. The number of hydrogen-bond acceptors (Lipinski definition) is 2. The number of benzene rings is 2. The molecule has 0 radical (unpaired) electrons. The van der Waals surface area contributed by atoms with Gasteiger partial charge in [0, 0.05) is 12.2 Å². The number of aliphatic carboxylic acids is 1. The van der Waals surface area contributed by atoms with Crippen LogP contribution in [0.2, 0.25) is 10.0 Å². The van der Waals surface area contributed by atoms with E-state index in [4.69, 9.17) is 28.3 Å². The van der Waals surface area contributed by atoms with Gasteiger partial charge in [-0.05, 0) is 30.7 Å². The summed E-state index contributed by atoms with van der Waals surface area (Å²) in [6, 6.07) is 12.7. The largest absolute Gasteiger partial charge is 0.481 e. The average Bonchev–Trinajstić information content (AvgIpc) is 2.43. The highest BCUT2D eigenvalue weighted by molar-refractivity contribution is 6.39. The molecule has 21 heavy (non-hydrogen) atoms. The summed E-state index contributed by atoms with van der Waals surface area (Å²) < 4.78 is 0. The summed E-state index contributed by atoms with van der Waals surface area (Å²) in [5.41, 5.74) is 2.22. The van der Waals surface area contributed by atoms with Crippen LogP contribution in [-0.4, -0.2) is 17.6 Å². The standard InChI is InChI=1S/C16H15Cl2NO2/c1-2-19(16-12(17)7-5-8-13(16)18)14-9-4-3-6-11(14)10-15(20)21/h3-9H,2,10H2,1H3,(H,20,21). The van der Waals surface area contributed by atoms with E-state index in [1.165, 1.54) is 0 Å². The molecule has 110 valence electrons. The fourth-order valence-electron chi connectivity index (χ4n) is 2.28. The van der Waals surface area contributed by atoms with Crippen molar-refractivity contribution >= 4 is 40.5 Å². The number of rotatable bonds is 5. The minimum atomic E-state index is -0.872. The van der Waals surface area contributed by atoms with Gasteiger partial charge in [0.05, 0.1) is 22.2 Å². The molecule has 0 saturated heterocycles. The molecule has 2 rings (SSSR count). The Morgan fingerprint density at radius 2 is 1.71 bits per heavy atom. The van der Waals surface area contributed by atoms with Gasteiger partial charge in [-0.3, -0.25) is 4.79 Å². The van der Waals surface area contributed by atoms with Crippen LogP contribution in [0, 0.1) is 0 Å². The molecule has 2 aromatic carbocycles. The second-order valence-corrected chi connectivity index (χ2v) is 5.33. The number of carbonyl (C=O) groups is 1. The van der Waals surface area contributed by atoms with Crippen molar-refractivity contribution < 1.29 is 9.90 Å². The van der Waals surface area contributed by atoms with Crippen molar-refractivity contribution in [2.24, 2.45) is 0 Å². The van der Waals surface area contributed by atoms with Crippen LogP contribution >= 0.6 is 23.2 Å². The second-order valence-electron chi connectivity index (χ2n) is 4.51. The summed E-state index contributed by atoms with van der Waals surface area (Å²) >= 11 is 12.5. The van der Waals surface area contributed by atoms with Gasteiger partial charge in [0.1, 0.15) is 0 Å². The van der Waals surface area contributed by atoms with E-state index in [0.717, 1.165) is 11.3 Å². The molecule has 0 saturated carbocycles. The Hall–Kier alpha value is -1.71. The van der Waals surface area contributed by atoms with Gasteiger partial charge >= 0.3 is 5.97 Å². The lowest BCUT2D eigenvalue weighted by molar-refractivity contribution is -0.136. The molecule has 0 atom stereocenters. The van der Waals surface area contributed by atoms with E-state index in [0.29, 0.717) is 22.3 Å². The number of carboxylic acid groups (broad SMARTS) is 1. The summed E-state index contributed by atoms with van der Waals surface area (Å²) in [7, 11) is 0. The van der Waals surface area contributed by atoms with Crippen LogP contribution < -0.4 is 4.90 Å². The highest BCUT2D eigenvalue weighted by Crippen LogP contribution is 2.38. The van der Waals surface area contributed by atoms with Gasteiger partial charge in [0.25, 0.3) is 0 Å². The minimum Gasteiger partial charge on any atom is -0.481 e. The fraction of sp³-hybridized carbons (Fsp3) is 0.188. The lowest BCUT2D eigenvalue weighted by Crippen LogP contribution is -2.19. The maximum Gasteiger partial charge on any atom is 0.307 e. The van der Waals surface area contributed by atoms with Crippen molar-refractivity contribution in [1.82, 2.24) is 0 Å². The SMILES string of the molecule is CCN(c1ccccc1CC(=O)O)c1c(Cl)cccc1Cl. The first-order valence-corrected chi connectivity index (χ1v) is 7.31. The third-order valence-electron chi connectivity index (χ3n) is 3.15.